The third kappa shape index (κ3) is 6.61. The summed E-state index contributed by atoms with van der Waals surface area (Å²) in [6.45, 7) is 10.4. The maximum Gasteiger partial charge on any atom is 0.512 e. The molecule has 0 aromatic rings. The highest BCUT2D eigenvalue weighted by atomic mass is 16.8. The van der Waals surface area contributed by atoms with E-state index in [2.05, 4.69) is 10.6 Å². The molecule has 0 aliphatic heterocycles. The first-order chi connectivity index (χ1) is 11.7. The van der Waals surface area contributed by atoms with Crippen LogP contribution in [0, 0.1) is 0 Å². The zero-order valence-corrected chi connectivity index (χ0v) is 16.2. The maximum absolute atomic E-state index is 12.1. The van der Waals surface area contributed by atoms with Gasteiger partial charge in [-0.05, 0) is 41.5 Å². The summed E-state index contributed by atoms with van der Waals surface area (Å²) in [5.41, 5.74) is -3.53. The van der Waals surface area contributed by atoms with Crippen molar-refractivity contribution in [1.82, 2.24) is 10.6 Å². The minimum atomic E-state index is -1.11. The highest BCUT2D eigenvalue weighted by Crippen LogP contribution is 2.41. The van der Waals surface area contributed by atoms with Gasteiger partial charge in [0.15, 0.2) is 11.4 Å². The lowest BCUT2D eigenvalue weighted by Crippen LogP contribution is -2.46. The van der Waals surface area contributed by atoms with Gasteiger partial charge in [0.25, 0.3) is 0 Å². The smallest absolute Gasteiger partial charge is 0.444 e. The van der Waals surface area contributed by atoms with Crippen LogP contribution in [0.3, 0.4) is 0 Å². The predicted molar refractivity (Wildman–Crippen MR) is 90.2 cm³/mol. The van der Waals surface area contributed by atoms with Gasteiger partial charge in [0.05, 0.1) is 0 Å². The SMILES string of the molecule is CC(C)(C)OC(=O)NC1(OC(=O)OC2(NC(=O)OC(C)(C)C)CC2)CC1. The Morgan fingerprint density at radius 2 is 1.00 bits per heavy atom. The van der Waals surface area contributed by atoms with E-state index in [1.807, 2.05) is 0 Å². The van der Waals surface area contributed by atoms with E-state index in [1.165, 1.54) is 0 Å². The number of hydrogen-bond acceptors (Lipinski definition) is 7. The van der Waals surface area contributed by atoms with Crippen molar-refractivity contribution < 1.29 is 33.3 Å². The Bertz CT molecular complexity index is 531. The van der Waals surface area contributed by atoms with Crippen molar-refractivity contribution >= 4 is 18.3 Å². The zero-order chi connectivity index (χ0) is 19.8. The van der Waals surface area contributed by atoms with Crippen LogP contribution < -0.4 is 10.6 Å². The van der Waals surface area contributed by atoms with E-state index in [-0.39, 0.29) is 0 Å². The number of nitrogens with one attached hydrogen (secondary N) is 2. The Balaban J connectivity index is 1.81. The summed E-state index contributed by atoms with van der Waals surface area (Å²) in [5, 5.41) is 5.07. The van der Waals surface area contributed by atoms with Gasteiger partial charge in [-0.15, -0.1) is 0 Å². The Morgan fingerprint density at radius 3 is 1.23 bits per heavy atom. The number of amides is 2. The molecule has 0 bridgehead atoms. The lowest BCUT2D eigenvalue weighted by atomic mass is 10.2. The molecule has 2 N–H and O–H groups in total. The second-order valence-electron chi connectivity index (χ2n) is 8.70. The van der Waals surface area contributed by atoms with Gasteiger partial charge in [0.1, 0.15) is 11.2 Å². The summed E-state index contributed by atoms with van der Waals surface area (Å²) in [7, 11) is 0. The van der Waals surface area contributed by atoms with Crippen LogP contribution in [0.2, 0.25) is 0 Å². The van der Waals surface area contributed by atoms with Gasteiger partial charge in [-0.25, -0.2) is 14.4 Å². The molecule has 9 heteroatoms. The minimum absolute atomic E-state index is 0.466. The van der Waals surface area contributed by atoms with Crippen molar-refractivity contribution in [3.63, 3.8) is 0 Å². The molecule has 2 aliphatic carbocycles. The number of carbonyl (C=O) groups is 3. The fourth-order valence-corrected chi connectivity index (χ4v) is 2.05. The topological polar surface area (TPSA) is 112 Å². The lowest BCUT2D eigenvalue weighted by Gasteiger charge is -2.25. The first-order valence-corrected chi connectivity index (χ1v) is 8.66. The third-order valence-electron chi connectivity index (χ3n) is 3.42. The molecule has 0 unspecified atom stereocenters. The van der Waals surface area contributed by atoms with E-state index in [1.54, 1.807) is 41.5 Å². The molecule has 2 rings (SSSR count). The molecule has 148 valence electrons. The molecule has 9 nitrogen and oxygen atoms in total. The monoisotopic (exact) mass is 372 g/mol. The number of rotatable bonds is 4. The lowest BCUT2D eigenvalue weighted by molar-refractivity contribution is -0.0412. The molecule has 0 radical (unpaired) electrons. The number of alkyl carbamates (subject to hydrolysis) is 2. The minimum Gasteiger partial charge on any atom is -0.444 e. The van der Waals surface area contributed by atoms with Gasteiger partial charge in [0.2, 0.25) is 0 Å². The van der Waals surface area contributed by atoms with Gasteiger partial charge in [0, 0.05) is 25.7 Å². The van der Waals surface area contributed by atoms with E-state index in [4.69, 9.17) is 18.9 Å². The van der Waals surface area contributed by atoms with Gasteiger partial charge in [-0.2, -0.15) is 0 Å². The zero-order valence-electron chi connectivity index (χ0n) is 16.2. The Morgan fingerprint density at radius 1 is 0.692 bits per heavy atom. The average molecular weight is 372 g/mol. The summed E-state index contributed by atoms with van der Waals surface area (Å²) < 4.78 is 20.8. The largest absolute Gasteiger partial charge is 0.512 e. The third-order valence-corrected chi connectivity index (χ3v) is 3.42. The van der Waals surface area contributed by atoms with Crippen LogP contribution >= 0.6 is 0 Å². The summed E-state index contributed by atoms with van der Waals surface area (Å²) >= 11 is 0. The van der Waals surface area contributed by atoms with Crippen LogP contribution in [-0.4, -0.2) is 41.0 Å². The normalized spacial score (nSPS) is 19.6. The van der Waals surface area contributed by atoms with Crippen molar-refractivity contribution in [2.75, 3.05) is 0 Å². The highest BCUT2D eigenvalue weighted by molar-refractivity contribution is 5.71. The molecule has 0 aromatic heterocycles. The molecular formula is C17H28N2O7. The van der Waals surface area contributed by atoms with Crippen LogP contribution in [0.25, 0.3) is 0 Å². The molecule has 0 heterocycles. The summed E-state index contributed by atoms with van der Waals surface area (Å²) in [4.78, 5) is 35.7. The fourth-order valence-electron chi connectivity index (χ4n) is 2.05. The van der Waals surface area contributed by atoms with Crippen LogP contribution in [0.4, 0.5) is 14.4 Å². The quantitative estimate of drug-likeness (QED) is 0.443. The van der Waals surface area contributed by atoms with Crippen LogP contribution in [-0.2, 0) is 18.9 Å². The molecule has 26 heavy (non-hydrogen) atoms. The van der Waals surface area contributed by atoms with Crippen molar-refractivity contribution in [2.45, 2.75) is 89.9 Å². The summed E-state index contributed by atoms with van der Waals surface area (Å²) in [5.74, 6) is 0. The van der Waals surface area contributed by atoms with Crippen molar-refractivity contribution in [1.29, 1.82) is 0 Å². The molecule has 2 saturated carbocycles. The van der Waals surface area contributed by atoms with Crippen LogP contribution in [0.15, 0.2) is 0 Å². The second-order valence-corrected chi connectivity index (χ2v) is 8.70. The maximum atomic E-state index is 12.1. The fraction of sp³-hybridized carbons (Fsp3) is 0.824. The Hall–Kier alpha value is -2.19. The van der Waals surface area contributed by atoms with Gasteiger partial charge >= 0.3 is 18.3 Å². The van der Waals surface area contributed by atoms with Crippen molar-refractivity contribution in [2.24, 2.45) is 0 Å². The van der Waals surface area contributed by atoms with E-state index < -0.39 is 41.0 Å². The molecule has 2 fully saturated rings. The average Bonchev–Trinajstić information content (AvgIpc) is 3.25. The van der Waals surface area contributed by atoms with E-state index in [0.29, 0.717) is 25.7 Å². The number of carbonyl (C=O) groups excluding carboxylic acids is 3. The summed E-state index contributed by atoms with van der Waals surface area (Å²) in [6, 6.07) is 0. The van der Waals surface area contributed by atoms with Gasteiger partial charge < -0.3 is 18.9 Å². The molecule has 2 amide bonds. The van der Waals surface area contributed by atoms with Crippen LogP contribution in [0.5, 0.6) is 0 Å². The van der Waals surface area contributed by atoms with Crippen molar-refractivity contribution in [3.8, 4) is 0 Å². The van der Waals surface area contributed by atoms with E-state index in [9.17, 15) is 14.4 Å². The first-order valence-electron chi connectivity index (χ1n) is 8.66. The van der Waals surface area contributed by atoms with E-state index >= 15 is 0 Å². The molecular weight excluding hydrogens is 344 g/mol. The van der Waals surface area contributed by atoms with Gasteiger partial charge in [-0.1, -0.05) is 0 Å². The Kier molecular flexibility index (Phi) is 5.04. The molecule has 0 spiro atoms. The second kappa shape index (κ2) is 6.51. The Labute approximate surface area is 153 Å². The number of hydrogen-bond donors (Lipinski definition) is 2. The van der Waals surface area contributed by atoms with E-state index in [0.717, 1.165) is 0 Å². The van der Waals surface area contributed by atoms with Gasteiger partial charge in [-0.3, -0.25) is 10.6 Å². The summed E-state index contributed by atoms with van der Waals surface area (Å²) in [6.07, 6.45) is -0.442. The highest BCUT2D eigenvalue weighted by Gasteiger charge is 2.54. The first kappa shape index (κ1) is 20.1. The molecule has 2 aliphatic rings. The standard InChI is InChI=1S/C17H28N2O7/c1-14(2,3)23-11(20)18-16(7-8-16)25-13(22)26-17(9-10-17)19-12(21)24-15(4,5)6/h7-10H2,1-6H3,(H,18,20)(H,19,21). The molecule has 0 aromatic carbocycles. The van der Waals surface area contributed by atoms with Crippen LogP contribution in [0.1, 0.15) is 67.2 Å². The predicted octanol–water partition coefficient (Wildman–Crippen LogP) is 3.17. The molecule has 0 saturated heterocycles. The van der Waals surface area contributed by atoms with Crippen molar-refractivity contribution in [3.05, 3.63) is 0 Å². The number of ether oxygens (including phenoxy) is 4. The molecule has 0 atom stereocenters.